The number of amides is 2. The van der Waals surface area contributed by atoms with Crippen LogP contribution in [0, 0.1) is 23.7 Å². The molecule has 2 amide bonds. The average molecular weight is 1330 g/mol. The van der Waals surface area contributed by atoms with Crippen molar-refractivity contribution in [3.05, 3.63) is 65.1 Å². The summed E-state index contributed by atoms with van der Waals surface area (Å²) in [4.78, 5) is 62.1. The van der Waals surface area contributed by atoms with Gasteiger partial charge in [-0.2, -0.15) is 17.2 Å². The highest BCUT2D eigenvalue weighted by atomic mass is 33.5. The zero-order valence-electron chi connectivity index (χ0n) is 51.4. The number of hydrogen-bond acceptors (Lipinski definition) is 28. The molecular formula is C59H80N4O22S4. The molecule has 1 aromatic carbocycles. The van der Waals surface area contributed by atoms with E-state index in [1.807, 2.05) is 33.3 Å². The minimum Gasteiger partial charge on any atom is -0.493 e. The van der Waals surface area contributed by atoms with Crippen molar-refractivity contribution < 1.29 is 106 Å². The molecule has 0 aromatic heterocycles. The van der Waals surface area contributed by atoms with Crippen LogP contribution in [-0.4, -0.2) is 226 Å². The van der Waals surface area contributed by atoms with Gasteiger partial charge in [0, 0.05) is 61.4 Å². The van der Waals surface area contributed by atoms with E-state index in [1.54, 1.807) is 20.1 Å². The van der Waals surface area contributed by atoms with Gasteiger partial charge in [-0.3, -0.25) is 19.7 Å². The number of ketones is 1. The number of aliphatic hydroxyl groups excluding tert-OH is 3. The van der Waals surface area contributed by atoms with Crippen LogP contribution >= 0.6 is 43.2 Å². The molecule has 4 heterocycles. The van der Waals surface area contributed by atoms with Gasteiger partial charge < -0.3 is 92.6 Å². The number of rotatable bonds is 25. The Balaban J connectivity index is 1.24. The predicted molar refractivity (Wildman–Crippen MR) is 330 cm³/mol. The van der Waals surface area contributed by atoms with Gasteiger partial charge in [0.15, 0.2) is 60.2 Å². The van der Waals surface area contributed by atoms with Crippen molar-refractivity contribution in [2.24, 2.45) is 0 Å². The summed E-state index contributed by atoms with van der Waals surface area (Å²) < 4.78 is 77.8. The Morgan fingerprint density at radius 1 is 0.854 bits per heavy atom. The van der Waals surface area contributed by atoms with Crippen molar-refractivity contribution in [3.8, 4) is 35.2 Å². The summed E-state index contributed by atoms with van der Waals surface area (Å²) in [5, 5.41) is 57.0. The van der Waals surface area contributed by atoms with Crippen molar-refractivity contribution in [1.82, 2.24) is 16.1 Å². The van der Waals surface area contributed by atoms with E-state index in [2.05, 4.69) is 51.7 Å². The first-order valence-corrected chi connectivity index (χ1v) is 33.8. The van der Waals surface area contributed by atoms with Gasteiger partial charge in [-0.1, -0.05) is 71.8 Å². The molecule has 30 heteroatoms. The Morgan fingerprint density at radius 2 is 1.56 bits per heavy atom. The summed E-state index contributed by atoms with van der Waals surface area (Å²) in [5.41, 5.74) is -0.847. The molecular weight excluding hydrogens is 1240 g/mol. The molecule has 89 heavy (non-hydrogen) atoms. The number of alkyl carbamates (subject to hydrolysis) is 1. The molecule has 4 fully saturated rings. The molecule has 492 valence electrons. The topological polar surface area (TPSA) is 327 Å². The second-order valence-corrected chi connectivity index (χ2v) is 26.8. The van der Waals surface area contributed by atoms with Crippen molar-refractivity contribution >= 4 is 72.6 Å². The van der Waals surface area contributed by atoms with Gasteiger partial charge in [0.25, 0.3) is 5.91 Å². The molecule has 6 aliphatic rings. The number of hydroxylamine groups is 1. The Morgan fingerprint density at radius 3 is 2.21 bits per heavy atom. The van der Waals surface area contributed by atoms with Gasteiger partial charge in [0.05, 0.1) is 106 Å². The van der Waals surface area contributed by atoms with E-state index in [9.17, 15) is 34.8 Å². The number of anilines is 1. The third-order valence-corrected chi connectivity index (χ3v) is 20.2. The van der Waals surface area contributed by atoms with Crippen LogP contribution < -0.4 is 30.9 Å². The van der Waals surface area contributed by atoms with E-state index in [0.29, 0.717) is 0 Å². The molecule has 0 saturated carbocycles. The second-order valence-electron chi connectivity index (χ2n) is 21.4. The Labute approximate surface area is 533 Å². The summed E-state index contributed by atoms with van der Waals surface area (Å²) in [6, 6.07) is 1.42. The number of methoxy groups -OCH3 is 5. The van der Waals surface area contributed by atoms with E-state index in [0.717, 1.165) is 7.11 Å². The first-order chi connectivity index (χ1) is 42.5. The Kier molecular flexibility index (Phi) is 26.9. The molecule has 0 unspecified atom stereocenters. The van der Waals surface area contributed by atoms with E-state index >= 15 is 4.79 Å². The van der Waals surface area contributed by atoms with Crippen molar-refractivity contribution in [1.29, 1.82) is 0 Å². The molecule has 8 N–H and O–H groups in total. The van der Waals surface area contributed by atoms with Crippen molar-refractivity contribution in [2.45, 2.75) is 175 Å². The molecule has 26 nitrogen and oxygen atoms in total. The number of esters is 1. The number of hydrogen-bond donors (Lipinski definition) is 8. The highest BCUT2D eigenvalue weighted by Crippen LogP contribution is 2.44. The third kappa shape index (κ3) is 17.6. The highest BCUT2D eigenvalue weighted by Gasteiger charge is 2.57. The first kappa shape index (κ1) is 71.8. The number of aliphatic hydroxyl groups is 4. The first-order valence-electron chi connectivity index (χ1n) is 28.4. The number of nitrogens with one attached hydrogen (secondary N) is 4. The summed E-state index contributed by atoms with van der Waals surface area (Å²) in [6.07, 6.45) is -11.6. The molecule has 0 spiro atoms. The minimum absolute atomic E-state index is 0.0770. The molecule has 2 bridgehead atoms. The number of allylic oxidation sites excluding steroid dienone is 2. The molecule has 2 aliphatic carbocycles. The summed E-state index contributed by atoms with van der Waals surface area (Å²) in [7, 11) is 10.8. The van der Waals surface area contributed by atoms with Crippen LogP contribution in [0.25, 0.3) is 0 Å². The lowest BCUT2D eigenvalue weighted by atomic mass is 9.73. The zero-order chi connectivity index (χ0) is 64.9. The minimum atomic E-state index is -2.64. The Bertz CT molecular complexity index is 2880. The van der Waals surface area contributed by atoms with Crippen molar-refractivity contribution in [2.75, 3.05) is 65.7 Å². The van der Waals surface area contributed by atoms with Gasteiger partial charge in [0.1, 0.15) is 18.3 Å². The zero-order valence-corrected chi connectivity index (χ0v) is 54.6. The normalized spacial score (nSPS) is 34.4. The number of fused-ring (bicyclic) bond motifs is 2. The number of benzene rings is 1. The lowest BCUT2D eigenvalue weighted by molar-refractivity contribution is -0.336. The van der Waals surface area contributed by atoms with Gasteiger partial charge in [-0.15, -0.1) is 0 Å². The van der Waals surface area contributed by atoms with Gasteiger partial charge >= 0.3 is 12.1 Å². The third-order valence-electron chi connectivity index (χ3n) is 15.2. The van der Waals surface area contributed by atoms with Crippen LogP contribution in [0.3, 0.4) is 0 Å². The fraction of sp³-hybridized carbons (Fsp3) is 0.627. The predicted octanol–water partition coefficient (Wildman–Crippen LogP) is 3.42. The molecule has 4 aliphatic heterocycles. The number of carbonyl (C=O) groups excluding carboxylic acids is 4. The van der Waals surface area contributed by atoms with E-state index in [-0.39, 0.29) is 88.3 Å². The highest BCUT2D eigenvalue weighted by molar-refractivity contribution is 9.09. The van der Waals surface area contributed by atoms with Gasteiger partial charge in [-0.05, 0) is 55.3 Å². The summed E-state index contributed by atoms with van der Waals surface area (Å²) >= 11 is 1.47. The van der Waals surface area contributed by atoms with Crippen molar-refractivity contribution in [3.63, 3.8) is 0 Å². The molecule has 7 rings (SSSR count). The maximum atomic E-state index is 15.5. The lowest BCUT2D eigenvalue weighted by Crippen LogP contribution is -2.65. The van der Waals surface area contributed by atoms with Crippen LogP contribution in [0.4, 0.5) is 10.5 Å². The number of carbonyl (C=O) groups is 4. The maximum Gasteiger partial charge on any atom is 0.411 e. The van der Waals surface area contributed by atoms with Crippen LogP contribution in [0.1, 0.15) is 64.2 Å². The molecule has 0 radical (unpaired) electrons. The van der Waals surface area contributed by atoms with Crippen LogP contribution in [0.2, 0.25) is 0 Å². The summed E-state index contributed by atoms with van der Waals surface area (Å²) in [6.45, 7) is 12.7. The number of thioether (sulfide) groups is 1. The SMILES string of the molecule is C=C(OC)C(=O)Nc1cc(OC)c(OC)cc1C(=O)O[C@@H]1[C@H](C)O[C@@H](O[C@@H]2C(=O)C(NC(=O)OC)=C3/C(=C\CSSSC)[C@]2(O)C#C/C=C/C#C[C@@H]3O[C@@H]2O[C@H](C)[C@@H](NO[C@H]3C[C@H](O)[C@H](SC)[C@@H](C)O3)[C@H](O)[C@H]2O[C@H]2C[C@H](OC)[C@@H](NC(C)C)CO2)C[C@@H]1O. The van der Waals surface area contributed by atoms with E-state index in [4.69, 9.17) is 66.4 Å². The fourth-order valence-corrected chi connectivity index (χ4v) is 14.1. The standard InChI is InChI=1S/C59H80N4O22S4/c1-28(2)60-36-27-77-43(26-40(36)73-8)82-52-49(66)47(63-85-45-25-38(65)53(86-12)31(5)79-45)29(3)80-57(52)81-39-18-16-14-15-17-20-59(71)34(19-21-88-89-87-13)46(39)48(62-58(70)76-11)50(67)54(59)83-44-24-37(64)51(30(4)78-44)84-56(69)33-22-41(74-9)42(75-10)23-35(33)61-55(68)32(6)72-7/h14-15,19,22-23,28-31,36-40,43-45,47,49,51-54,57,60,63-66,71H,6,21,24-27H2,1-5,7-13H3,(H,61,68)(H,62,70)/b15-14+,34-19+/t29-,30+,31-,36+,37+,38+,39+,40+,43+,44+,45+,47-,49+,51-,52-,53-,54-,57+,59-/m1/s1. The smallest absolute Gasteiger partial charge is 0.411 e. The summed E-state index contributed by atoms with van der Waals surface area (Å²) in [5.74, 6) is 8.71. The van der Waals surface area contributed by atoms with Gasteiger partial charge in [-0.25, -0.2) is 9.59 Å². The number of ether oxygens (including phenoxy) is 13. The van der Waals surface area contributed by atoms with Gasteiger partial charge in [0.2, 0.25) is 5.78 Å². The van der Waals surface area contributed by atoms with Crippen LogP contribution in [0.5, 0.6) is 11.5 Å². The monoisotopic (exact) mass is 1320 g/mol. The quantitative estimate of drug-likeness (QED) is 0.0132. The van der Waals surface area contributed by atoms with E-state index in [1.165, 1.54) is 95.7 Å². The molecule has 19 atom stereocenters. The maximum absolute atomic E-state index is 15.5. The molecule has 1 aromatic rings. The fourth-order valence-electron chi connectivity index (χ4n) is 10.8. The second kappa shape index (κ2) is 33.3. The largest absolute Gasteiger partial charge is 0.493 e. The number of Topliss-reactive ketones (excluding diaryl/α,β-unsaturated/α-hetero) is 1. The van der Waals surface area contributed by atoms with Crippen LogP contribution in [-0.2, 0) is 66.5 Å². The van der Waals surface area contributed by atoms with Crippen LogP contribution in [0.15, 0.2) is 59.5 Å². The molecule has 4 saturated heterocycles. The Hall–Kier alpha value is -4.62. The van der Waals surface area contributed by atoms with E-state index < -0.39 is 134 Å². The average Bonchev–Trinajstić information content (AvgIpc) is 0.782. The lowest BCUT2D eigenvalue weighted by Gasteiger charge is -2.47.